The van der Waals surface area contributed by atoms with E-state index in [1.807, 2.05) is 19.9 Å². The van der Waals surface area contributed by atoms with E-state index in [0.717, 1.165) is 51.1 Å². The van der Waals surface area contributed by atoms with Crippen LogP contribution in [0.4, 0.5) is 5.82 Å². The number of ether oxygens (including phenoxy) is 1. The largest absolute Gasteiger partial charge is 0.495 e. The molecule has 7 heteroatoms. The lowest BCUT2D eigenvalue weighted by atomic mass is 10.2. The van der Waals surface area contributed by atoms with Crippen LogP contribution in [0, 0.1) is 17.8 Å². The predicted molar refractivity (Wildman–Crippen MR) is 81.2 cm³/mol. The second-order valence-corrected chi connectivity index (χ2v) is 6.38. The molecular weight excluding hydrogens is 292 g/mol. The highest BCUT2D eigenvalue weighted by molar-refractivity contribution is 7.73. The van der Waals surface area contributed by atoms with Gasteiger partial charge in [0.2, 0.25) is 4.80 Å². The van der Waals surface area contributed by atoms with Gasteiger partial charge in [-0.15, -0.1) is 0 Å². The molecule has 0 aromatic carbocycles. The standard InChI is InChI=1S/C13H16N4OS2/c1-8-7-10(18-3)9(2)14-11(8)15-12-16-5-4-6-17(16)13(19)20-12/h7H,4-6H2,1-3H3. The number of fused-ring (bicyclic) bond motifs is 1. The third-order valence-corrected chi connectivity index (χ3v) is 4.72. The fourth-order valence-corrected chi connectivity index (χ4v) is 3.63. The van der Waals surface area contributed by atoms with E-state index in [4.69, 9.17) is 21.9 Å². The second kappa shape index (κ2) is 5.14. The molecule has 1 aliphatic rings. The molecule has 0 saturated carbocycles. The number of aromatic nitrogens is 3. The molecule has 2 aromatic rings. The quantitative estimate of drug-likeness (QED) is 0.801. The van der Waals surface area contributed by atoms with Gasteiger partial charge in [0.1, 0.15) is 5.75 Å². The Morgan fingerprint density at radius 1 is 1.35 bits per heavy atom. The summed E-state index contributed by atoms with van der Waals surface area (Å²) in [5, 5.41) is 0. The minimum Gasteiger partial charge on any atom is -0.495 e. The molecule has 2 aromatic heterocycles. The number of methoxy groups -OCH3 is 1. The predicted octanol–water partition coefficient (Wildman–Crippen LogP) is 2.74. The Kier molecular flexibility index (Phi) is 3.47. The Morgan fingerprint density at radius 3 is 2.85 bits per heavy atom. The average molecular weight is 308 g/mol. The molecule has 0 amide bonds. The van der Waals surface area contributed by atoms with Crippen LogP contribution in [0.3, 0.4) is 0 Å². The number of nitrogens with zero attached hydrogens (tertiary/aromatic N) is 4. The third-order valence-electron chi connectivity index (χ3n) is 3.39. The van der Waals surface area contributed by atoms with Crippen molar-refractivity contribution in [2.45, 2.75) is 33.4 Å². The molecule has 20 heavy (non-hydrogen) atoms. The molecule has 5 nitrogen and oxygen atoms in total. The molecule has 0 aliphatic carbocycles. The van der Waals surface area contributed by atoms with Crippen molar-refractivity contribution < 1.29 is 4.74 Å². The number of rotatable bonds is 2. The second-order valence-electron chi connectivity index (χ2n) is 4.78. The van der Waals surface area contributed by atoms with Crippen LogP contribution in [0.2, 0.25) is 0 Å². The molecule has 3 rings (SSSR count). The molecule has 0 N–H and O–H groups in total. The zero-order chi connectivity index (χ0) is 14.3. The van der Waals surface area contributed by atoms with Crippen LogP contribution in [-0.4, -0.2) is 21.5 Å². The number of aryl methyl sites for hydroxylation is 2. The van der Waals surface area contributed by atoms with E-state index in [9.17, 15) is 0 Å². The summed E-state index contributed by atoms with van der Waals surface area (Å²) >= 11 is 6.91. The monoisotopic (exact) mass is 308 g/mol. The van der Waals surface area contributed by atoms with Gasteiger partial charge in [-0.1, -0.05) is 11.3 Å². The first-order valence-electron chi connectivity index (χ1n) is 6.48. The summed E-state index contributed by atoms with van der Waals surface area (Å²) < 4.78 is 10.4. The maximum atomic E-state index is 5.37. The van der Waals surface area contributed by atoms with Gasteiger partial charge in [0, 0.05) is 13.1 Å². The zero-order valence-corrected chi connectivity index (χ0v) is 13.3. The smallest absolute Gasteiger partial charge is 0.209 e. The zero-order valence-electron chi connectivity index (χ0n) is 11.7. The minimum absolute atomic E-state index is 0.738. The summed E-state index contributed by atoms with van der Waals surface area (Å²) in [6, 6.07) is 1.97. The topological polar surface area (TPSA) is 44.3 Å². The van der Waals surface area contributed by atoms with Gasteiger partial charge >= 0.3 is 0 Å². The maximum absolute atomic E-state index is 5.37. The van der Waals surface area contributed by atoms with Crippen LogP contribution in [-0.2, 0) is 13.1 Å². The molecule has 0 saturated heterocycles. The van der Waals surface area contributed by atoms with Gasteiger partial charge in [-0.05, 0) is 44.1 Å². The molecular formula is C13H16N4OS2. The number of hydrogen-bond donors (Lipinski definition) is 0. The molecule has 0 atom stereocenters. The normalized spacial score (nSPS) is 14.7. The number of hydrogen-bond acceptors (Lipinski definition) is 5. The molecule has 1 aliphatic heterocycles. The van der Waals surface area contributed by atoms with Crippen LogP contribution in [0.5, 0.6) is 5.75 Å². The van der Waals surface area contributed by atoms with E-state index < -0.39 is 0 Å². The van der Waals surface area contributed by atoms with Gasteiger partial charge in [0.25, 0.3) is 0 Å². The maximum Gasteiger partial charge on any atom is 0.209 e. The van der Waals surface area contributed by atoms with Crippen LogP contribution < -0.4 is 9.54 Å². The van der Waals surface area contributed by atoms with Crippen LogP contribution in [0.1, 0.15) is 17.7 Å². The van der Waals surface area contributed by atoms with Crippen molar-refractivity contribution in [3.05, 3.63) is 26.1 Å². The summed E-state index contributed by atoms with van der Waals surface area (Å²) in [5.41, 5.74) is 1.85. The fraction of sp³-hybridized carbons (Fsp3) is 0.462. The van der Waals surface area contributed by atoms with E-state index in [1.165, 1.54) is 11.3 Å². The Hall–Kier alpha value is -1.47. The van der Waals surface area contributed by atoms with Crippen molar-refractivity contribution in [1.82, 2.24) is 14.3 Å². The van der Waals surface area contributed by atoms with Crippen molar-refractivity contribution >= 4 is 29.4 Å². The van der Waals surface area contributed by atoms with Gasteiger partial charge in [-0.25, -0.2) is 4.98 Å². The first kappa shape index (κ1) is 13.5. The van der Waals surface area contributed by atoms with Gasteiger partial charge < -0.3 is 4.74 Å². The van der Waals surface area contributed by atoms with Crippen molar-refractivity contribution in [2.75, 3.05) is 7.11 Å². The Balaban J connectivity index is 2.16. The molecule has 0 unspecified atom stereocenters. The highest BCUT2D eigenvalue weighted by Gasteiger charge is 2.13. The lowest BCUT2D eigenvalue weighted by Crippen LogP contribution is -2.16. The fourth-order valence-electron chi connectivity index (χ4n) is 2.34. The van der Waals surface area contributed by atoms with E-state index in [2.05, 4.69) is 14.3 Å². The van der Waals surface area contributed by atoms with E-state index in [-0.39, 0.29) is 0 Å². The van der Waals surface area contributed by atoms with Gasteiger partial charge in [0.05, 0.1) is 12.8 Å². The summed E-state index contributed by atoms with van der Waals surface area (Å²) in [5.74, 6) is 1.53. The Morgan fingerprint density at radius 2 is 2.10 bits per heavy atom. The Bertz CT molecular complexity index is 785. The highest BCUT2D eigenvalue weighted by Crippen LogP contribution is 2.24. The molecule has 0 bridgehead atoms. The molecule has 106 valence electrons. The lowest BCUT2D eigenvalue weighted by molar-refractivity contribution is 0.409. The lowest BCUT2D eigenvalue weighted by Gasteiger charge is -2.06. The summed E-state index contributed by atoms with van der Waals surface area (Å²) in [6.45, 7) is 5.88. The minimum atomic E-state index is 0.738. The molecule has 3 heterocycles. The van der Waals surface area contributed by atoms with Gasteiger partial charge in [-0.3, -0.25) is 9.36 Å². The third kappa shape index (κ3) is 2.20. The van der Waals surface area contributed by atoms with Crippen molar-refractivity contribution in [1.29, 1.82) is 0 Å². The summed E-state index contributed by atoms with van der Waals surface area (Å²) in [6.07, 6.45) is 1.12. The highest BCUT2D eigenvalue weighted by atomic mass is 32.1. The SMILES string of the molecule is COc1cc(C)c(N=c2sc(=S)n3n2CCC3)nc1C. The average Bonchev–Trinajstić information content (AvgIpc) is 2.99. The first-order valence-corrected chi connectivity index (χ1v) is 7.70. The molecule has 0 spiro atoms. The van der Waals surface area contributed by atoms with Crippen LogP contribution >= 0.6 is 23.6 Å². The Labute approximate surface area is 126 Å². The van der Waals surface area contributed by atoms with Gasteiger partial charge in [-0.2, -0.15) is 4.99 Å². The summed E-state index contributed by atoms with van der Waals surface area (Å²) in [7, 11) is 1.66. The first-order chi connectivity index (χ1) is 9.60. The van der Waals surface area contributed by atoms with E-state index in [1.54, 1.807) is 7.11 Å². The van der Waals surface area contributed by atoms with E-state index >= 15 is 0 Å². The molecule has 0 radical (unpaired) electrons. The van der Waals surface area contributed by atoms with E-state index in [0.29, 0.717) is 0 Å². The van der Waals surface area contributed by atoms with Crippen LogP contribution in [0.15, 0.2) is 11.1 Å². The summed E-state index contributed by atoms with van der Waals surface area (Å²) in [4.78, 5) is 10.2. The van der Waals surface area contributed by atoms with Crippen molar-refractivity contribution in [3.8, 4) is 5.75 Å². The van der Waals surface area contributed by atoms with Crippen molar-refractivity contribution in [2.24, 2.45) is 4.99 Å². The number of pyridine rings is 1. The van der Waals surface area contributed by atoms with Crippen molar-refractivity contribution in [3.63, 3.8) is 0 Å². The molecule has 0 fully saturated rings. The van der Waals surface area contributed by atoms with Crippen LogP contribution in [0.25, 0.3) is 0 Å². The van der Waals surface area contributed by atoms with Gasteiger partial charge in [0.15, 0.2) is 9.77 Å².